The van der Waals surface area contributed by atoms with Crippen LogP contribution in [-0.2, 0) is 0 Å². The molecule has 0 bridgehead atoms. The molecule has 2 rings (SSSR count). The molecular weight excluding hydrogens is 228 g/mol. The van der Waals surface area contributed by atoms with Gasteiger partial charge >= 0.3 is 0 Å². The van der Waals surface area contributed by atoms with Crippen LogP contribution in [0.4, 0.5) is 0 Å². The molecule has 1 aromatic carbocycles. The van der Waals surface area contributed by atoms with E-state index >= 15 is 0 Å². The molecule has 1 aromatic rings. The first kappa shape index (κ1) is 12.6. The molecular formula is C14H20N2O2. The highest BCUT2D eigenvalue weighted by atomic mass is 16.5. The number of ether oxygens (including phenoxy) is 2. The predicted molar refractivity (Wildman–Crippen MR) is 71.8 cm³/mol. The molecule has 1 N–H and O–H groups in total. The molecule has 1 aliphatic heterocycles. The molecule has 1 aliphatic rings. The van der Waals surface area contributed by atoms with Gasteiger partial charge in [0, 0.05) is 18.9 Å². The van der Waals surface area contributed by atoms with Crippen LogP contribution in [0.3, 0.4) is 0 Å². The fourth-order valence-corrected chi connectivity index (χ4v) is 2.12. The SMILES string of the molecule is COc1ccc(C(C)CN2C=CNC2)cc1OC. The van der Waals surface area contributed by atoms with Gasteiger partial charge in [0.25, 0.3) is 0 Å². The van der Waals surface area contributed by atoms with Crippen molar-refractivity contribution in [1.29, 1.82) is 0 Å². The summed E-state index contributed by atoms with van der Waals surface area (Å²) in [7, 11) is 3.32. The van der Waals surface area contributed by atoms with E-state index in [9.17, 15) is 0 Å². The third-order valence-electron chi connectivity index (χ3n) is 3.18. The maximum Gasteiger partial charge on any atom is 0.160 e. The standard InChI is InChI=1S/C14H20N2O2/c1-11(9-16-7-6-15-10-16)12-4-5-13(17-2)14(8-12)18-3/h4-8,11,15H,9-10H2,1-3H3. The van der Waals surface area contributed by atoms with E-state index in [1.165, 1.54) is 5.56 Å². The van der Waals surface area contributed by atoms with Crippen LogP contribution in [0.2, 0.25) is 0 Å². The molecule has 0 spiro atoms. The first-order chi connectivity index (χ1) is 8.74. The van der Waals surface area contributed by atoms with Gasteiger partial charge in [-0.25, -0.2) is 0 Å². The molecule has 4 heteroatoms. The van der Waals surface area contributed by atoms with Gasteiger partial charge in [0.2, 0.25) is 0 Å². The van der Waals surface area contributed by atoms with Crippen molar-refractivity contribution < 1.29 is 9.47 Å². The molecule has 4 nitrogen and oxygen atoms in total. The molecule has 0 fully saturated rings. The second-order valence-electron chi connectivity index (χ2n) is 4.46. The van der Waals surface area contributed by atoms with Crippen LogP contribution in [0, 0.1) is 0 Å². The van der Waals surface area contributed by atoms with Gasteiger partial charge in [0.05, 0.1) is 20.9 Å². The van der Waals surface area contributed by atoms with E-state index in [4.69, 9.17) is 9.47 Å². The van der Waals surface area contributed by atoms with Gasteiger partial charge in [-0.2, -0.15) is 0 Å². The van der Waals surface area contributed by atoms with Crippen molar-refractivity contribution in [2.75, 3.05) is 27.4 Å². The van der Waals surface area contributed by atoms with Crippen molar-refractivity contribution in [1.82, 2.24) is 10.2 Å². The lowest BCUT2D eigenvalue weighted by atomic mass is 10.0. The molecule has 18 heavy (non-hydrogen) atoms. The first-order valence-electron chi connectivity index (χ1n) is 6.10. The van der Waals surface area contributed by atoms with Gasteiger partial charge in [-0.1, -0.05) is 13.0 Å². The third kappa shape index (κ3) is 2.70. The minimum absolute atomic E-state index is 0.439. The molecule has 1 heterocycles. The van der Waals surface area contributed by atoms with Crippen molar-refractivity contribution in [3.05, 3.63) is 36.2 Å². The summed E-state index contributed by atoms with van der Waals surface area (Å²) < 4.78 is 10.6. The minimum atomic E-state index is 0.439. The zero-order valence-corrected chi connectivity index (χ0v) is 11.1. The molecule has 0 aromatic heterocycles. The average Bonchev–Trinajstić information content (AvgIpc) is 2.90. The fraction of sp³-hybridized carbons (Fsp3) is 0.429. The van der Waals surface area contributed by atoms with E-state index < -0.39 is 0 Å². The lowest BCUT2D eigenvalue weighted by Gasteiger charge is -2.21. The topological polar surface area (TPSA) is 33.7 Å². The lowest BCUT2D eigenvalue weighted by molar-refractivity contribution is 0.351. The van der Waals surface area contributed by atoms with Gasteiger partial charge in [-0.3, -0.25) is 0 Å². The van der Waals surface area contributed by atoms with Crippen LogP contribution in [0.15, 0.2) is 30.6 Å². The van der Waals surface area contributed by atoms with Crippen molar-refractivity contribution in [3.8, 4) is 11.5 Å². The second kappa shape index (κ2) is 5.67. The van der Waals surface area contributed by atoms with Gasteiger partial charge in [-0.05, 0) is 23.6 Å². The summed E-state index contributed by atoms with van der Waals surface area (Å²) in [6, 6.07) is 6.11. The van der Waals surface area contributed by atoms with Gasteiger partial charge in [0.15, 0.2) is 11.5 Å². The monoisotopic (exact) mass is 248 g/mol. The van der Waals surface area contributed by atoms with Crippen LogP contribution >= 0.6 is 0 Å². The highest BCUT2D eigenvalue weighted by Crippen LogP contribution is 2.30. The second-order valence-corrected chi connectivity index (χ2v) is 4.46. The maximum absolute atomic E-state index is 5.33. The Morgan fingerprint density at radius 3 is 2.67 bits per heavy atom. The van der Waals surface area contributed by atoms with Gasteiger partial charge in [0.1, 0.15) is 0 Å². The minimum Gasteiger partial charge on any atom is -0.493 e. The number of rotatable bonds is 5. The van der Waals surface area contributed by atoms with E-state index in [0.717, 1.165) is 24.7 Å². The van der Waals surface area contributed by atoms with E-state index in [1.807, 2.05) is 12.3 Å². The van der Waals surface area contributed by atoms with Crippen LogP contribution in [0.1, 0.15) is 18.4 Å². The zero-order chi connectivity index (χ0) is 13.0. The summed E-state index contributed by atoms with van der Waals surface area (Å²) in [6.45, 7) is 4.09. The largest absolute Gasteiger partial charge is 0.493 e. The third-order valence-corrected chi connectivity index (χ3v) is 3.18. The normalized spacial score (nSPS) is 15.4. The Morgan fingerprint density at radius 2 is 2.06 bits per heavy atom. The van der Waals surface area contributed by atoms with Crippen molar-refractivity contribution in [2.45, 2.75) is 12.8 Å². The summed E-state index contributed by atoms with van der Waals surface area (Å²) in [6.07, 6.45) is 4.05. The molecule has 0 saturated heterocycles. The highest BCUT2D eigenvalue weighted by Gasteiger charge is 2.13. The van der Waals surface area contributed by atoms with Crippen molar-refractivity contribution in [2.24, 2.45) is 0 Å². The molecule has 0 radical (unpaired) electrons. The number of hydrogen-bond donors (Lipinski definition) is 1. The Hall–Kier alpha value is -1.84. The van der Waals surface area contributed by atoms with E-state index in [2.05, 4.69) is 35.5 Å². The predicted octanol–water partition coefficient (Wildman–Crippen LogP) is 2.14. The summed E-state index contributed by atoms with van der Waals surface area (Å²) in [5.74, 6) is 2.00. The van der Waals surface area contributed by atoms with E-state index in [1.54, 1.807) is 14.2 Å². The van der Waals surface area contributed by atoms with Crippen LogP contribution in [-0.4, -0.2) is 32.3 Å². The average molecular weight is 248 g/mol. The number of nitrogens with one attached hydrogen (secondary N) is 1. The first-order valence-corrected chi connectivity index (χ1v) is 6.10. The number of methoxy groups -OCH3 is 2. The number of hydrogen-bond acceptors (Lipinski definition) is 4. The lowest BCUT2D eigenvalue weighted by Crippen LogP contribution is -2.24. The number of nitrogens with zero attached hydrogens (tertiary/aromatic N) is 1. The van der Waals surface area contributed by atoms with Crippen LogP contribution in [0.25, 0.3) is 0 Å². The van der Waals surface area contributed by atoms with Crippen molar-refractivity contribution in [3.63, 3.8) is 0 Å². The summed E-state index contributed by atoms with van der Waals surface area (Å²) in [4.78, 5) is 2.25. The fourth-order valence-electron chi connectivity index (χ4n) is 2.12. The number of benzene rings is 1. The quantitative estimate of drug-likeness (QED) is 0.865. The maximum atomic E-state index is 5.33. The Labute approximate surface area is 108 Å². The summed E-state index contributed by atoms with van der Waals surface area (Å²) >= 11 is 0. The Balaban J connectivity index is 2.09. The molecule has 1 unspecified atom stereocenters. The molecule has 98 valence electrons. The van der Waals surface area contributed by atoms with Crippen LogP contribution in [0.5, 0.6) is 11.5 Å². The zero-order valence-electron chi connectivity index (χ0n) is 11.1. The smallest absolute Gasteiger partial charge is 0.160 e. The van der Waals surface area contributed by atoms with Crippen molar-refractivity contribution >= 4 is 0 Å². The Bertz CT molecular complexity index is 432. The molecule has 0 amide bonds. The summed E-state index contributed by atoms with van der Waals surface area (Å²) in [5.41, 5.74) is 1.26. The highest BCUT2D eigenvalue weighted by molar-refractivity contribution is 5.43. The molecule has 1 atom stereocenters. The van der Waals surface area contributed by atoms with E-state index in [0.29, 0.717) is 5.92 Å². The van der Waals surface area contributed by atoms with Crippen LogP contribution < -0.4 is 14.8 Å². The van der Waals surface area contributed by atoms with Gasteiger partial charge < -0.3 is 19.7 Å². The Morgan fingerprint density at radius 1 is 1.28 bits per heavy atom. The Kier molecular flexibility index (Phi) is 3.97. The molecule has 0 saturated carbocycles. The summed E-state index contributed by atoms with van der Waals surface area (Å²) in [5, 5.41) is 3.17. The van der Waals surface area contributed by atoms with Gasteiger partial charge in [-0.15, -0.1) is 0 Å². The van der Waals surface area contributed by atoms with E-state index in [-0.39, 0.29) is 0 Å². The molecule has 0 aliphatic carbocycles.